The minimum absolute atomic E-state index is 0.00211. The molecule has 0 bridgehead atoms. The molecule has 0 saturated carbocycles. The van der Waals surface area contributed by atoms with Crippen LogP contribution in [-0.4, -0.2) is 48.8 Å². The molecule has 0 aliphatic rings. The number of allylic oxidation sites excluding steroid dienone is 1. The lowest BCUT2D eigenvalue weighted by Crippen LogP contribution is -2.20. The lowest BCUT2D eigenvalue weighted by atomic mass is 10.2. The van der Waals surface area contributed by atoms with Gasteiger partial charge in [0.1, 0.15) is 17.8 Å². The number of anilines is 1. The number of carbonyl (C=O) groups excluding carboxylic acids is 3. The summed E-state index contributed by atoms with van der Waals surface area (Å²) < 4.78 is 7.87. The minimum atomic E-state index is -0.880. The van der Waals surface area contributed by atoms with Crippen molar-refractivity contribution >= 4 is 35.0 Å². The van der Waals surface area contributed by atoms with Crippen LogP contribution in [-0.2, 0) is 17.8 Å². The monoisotopic (exact) mass is 426 g/mol. The van der Waals surface area contributed by atoms with E-state index >= 15 is 0 Å². The lowest BCUT2D eigenvalue weighted by Gasteiger charge is -2.08. The van der Waals surface area contributed by atoms with Gasteiger partial charge in [-0.3, -0.25) is 24.2 Å². The third-order valence-corrected chi connectivity index (χ3v) is 4.31. The Hall–Kier alpha value is -4.22. The number of amides is 3. The van der Waals surface area contributed by atoms with E-state index in [4.69, 9.17) is 11.5 Å². The van der Waals surface area contributed by atoms with Crippen LogP contribution in [0.3, 0.4) is 0 Å². The fraction of sp³-hybridized carbons (Fsp3) is 0.263. The molecule has 0 spiro atoms. The number of nitrogens with zero attached hydrogens (tertiary/aromatic N) is 5. The maximum Gasteiger partial charge on any atom is 0.404 e. The number of ether oxygens (including phenoxy) is 1. The Morgan fingerprint density at radius 3 is 2.68 bits per heavy atom. The van der Waals surface area contributed by atoms with Gasteiger partial charge in [0.2, 0.25) is 11.9 Å². The van der Waals surface area contributed by atoms with Crippen molar-refractivity contribution in [2.75, 3.05) is 11.9 Å². The van der Waals surface area contributed by atoms with Crippen LogP contribution in [0.2, 0.25) is 0 Å². The summed E-state index contributed by atoms with van der Waals surface area (Å²) in [6, 6.07) is 3.17. The number of pyridine rings is 1. The molecule has 0 atom stereocenters. The summed E-state index contributed by atoms with van der Waals surface area (Å²) in [7, 11) is 0. The topological polar surface area (TPSA) is 173 Å². The average molecular weight is 426 g/mol. The molecule has 0 saturated heterocycles. The number of nitrogens with one attached hydrogen (secondary N) is 1. The Morgan fingerprint density at radius 1 is 1.23 bits per heavy atom. The molecule has 3 aromatic rings. The van der Waals surface area contributed by atoms with E-state index in [0.29, 0.717) is 29.1 Å². The Balaban J connectivity index is 1.94. The quantitative estimate of drug-likeness (QED) is 0.450. The molecule has 0 fully saturated rings. The van der Waals surface area contributed by atoms with E-state index in [0.717, 1.165) is 0 Å². The summed E-state index contributed by atoms with van der Waals surface area (Å²) in [5.74, 6) is -0.813. The smallest absolute Gasteiger partial charge is 0.404 e. The van der Waals surface area contributed by atoms with Gasteiger partial charge in [-0.05, 0) is 32.1 Å². The summed E-state index contributed by atoms with van der Waals surface area (Å²) >= 11 is 0. The number of hydrogen-bond acceptors (Lipinski definition) is 7. The number of nitrogens with two attached hydrogens (primary N) is 2. The van der Waals surface area contributed by atoms with Gasteiger partial charge in [-0.2, -0.15) is 5.10 Å². The normalized spacial score (nSPS) is 11.2. The fourth-order valence-electron chi connectivity index (χ4n) is 2.93. The number of rotatable bonds is 8. The van der Waals surface area contributed by atoms with E-state index < -0.39 is 17.9 Å². The highest BCUT2D eigenvalue weighted by Crippen LogP contribution is 2.20. The second-order valence-electron chi connectivity index (χ2n) is 6.52. The molecule has 0 aromatic carbocycles. The number of imidazole rings is 1. The molecule has 3 heterocycles. The predicted octanol–water partition coefficient (Wildman–Crippen LogP) is 0.959. The summed E-state index contributed by atoms with van der Waals surface area (Å²) in [4.78, 5) is 43.7. The highest BCUT2D eigenvalue weighted by atomic mass is 16.5. The predicted molar refractivity (Wildman–Crippen MR) is 111 cm³/mol. The maximum absolute atomic E-state index is 12.9. The van der Waals surface area contributed by atoms with Crippen molar-refractivity contribution in [2.24, 2.45) is 11.5 Å². The molecule has 3 rings (SSSR count). The standard InChI is InChI=1S/C19H22N8O4/c1-3-27-14(8-11(2)25-27)17(29)24-19-23-13-9-12(15(20)28)10-22-16(13)26(19)6-4-5-7-31-18(21)30/h4-5,8-10H,3,6-7H2,1-2H3,(H2,20,28)(H2,21,30)(H,23,24,29)/b5-4+. The van der Waals surface area contributed by atoms with Crippen LogP contribution >= 0.6 is 0 Å². The number of primary amides is 2. The van der Waals surface area contributed by atoms with Crippen LogP contribution in [0.25, 0.3) is 11.2 Å². The molecule has 0 unspecified atom stereocenters. The van der Waals surface area contributed by atoms with Gasteiger partial charge in [0.05, 0.1) is 11.3 Å². The first-order valence-electron chi connectivity index (χ1n) is 9.39. The van der Waals surface area contributed by atoms with Crippen LogP contribution in [0.15, 0.2) is 30.5 Å². The number of carbonyl (C=O) groups is 3. The van der Waals surface area contributed by atoms with Gasteiger partial charge >= 0.3 is 6.09 Å². The van der Waals surface area contributed by atoms with Crippen molar-refractivity contribution in [1.82, 2.24) is 24.3 Å². The van der Waals surface area contributed by atoms with Crippen LogP contribution in [0.5, 0.6) is 0 Å². The van der Waals surface area contributed by atoms with Gasteiger partial charge in [0, 0.05) is 19.3 Å². The molecule has 0 aliphatic heterocycles. The second kappa shape index (κ2) is 9.07. The van der Waals surface area contributed by atoms with Crippen molar-refractivity contribution in [1.29, 1.82) is 0 Å². The van der Waals surface area contributed by atoms with Crippen molar-refractivity contribution in [3.63, 3.8) is 0 Å². The van der Waals surface area contributed by atoms with E-state index in [1.54, 1.807) is 34.4 Å². The largest absolute Gasteiger partial charge is 0.445 e. The summed E-state index contributed by atoms with van der Waals surface area (Å²) in [5, 5.41) is 7.04. The Morgan fingerprint density at radius 2 is 2.00 bits per heavy atom. The van der Waals surface area contributed by atoms with Gasteiger partial charge in [-0.1, -0.05) is 6.08 Å². The molecule has 31 heavy (non-hydrogen) atoms. The first-order valence-corrected chi connectivity index (χ1v) is 9.39. The summed E-state index contributed by atoms with van der Waals surface area (Å²) in [6.45, 7) is 4.46. The van der Waals surface area contributed by atoms with Crippen molar-refractivity contribution in [3.8, 4) is 0 Å². The number of hydrogen-bond donors (Lipinski definition) is 3. The molecular formula is C19H22N8O4. The summed E-state index contributed by atoms with van der Waals surface area (Å²) in [5.41, 5.74) is 12.4. The van der Waals surface area contributed by atoms with E-state index in [1.165, 1.54) is 12.3 Å². The van der Waals surface area contributed by atoms with E-state index in [2.05, 4.69) is 25.1 Å². The minimum Gasteiger partial charge on any atom is -0.445 e. The van der Waals surface area contributed by atoms with Gasteiger partial charge < -0.3 is 16.2 Å². The van der Waals surface area contributed by atoms with Crippen LogP contribution in [0, 0.1) is 6.92 Å². The molecule has 0 aliphatic carbocycles. The first kappa shape index (κ1) is 21.5. The second-order valence-corrected chi connectivity index (χ2v) is 6.52. The summed E-state index contributed by atoms with van der Waals surface area (Å²) in [6.07, 6.45) is 3.75. The highest BCUT2D eigenvalue weighted by molar-refractivity contribution is 6.03. The third-order valence-electron chi connectivity index (χ3n) is 4.31. The number of aryl methyl sites for hydroxylation is 2. The lowest BCUT2D eigenvalue weighted by molar-refractivity contribution is 0.0995. The first-order chi connectivity index (χ1) is 14.8. The zero-order valence-electron chi connectivity index (χ0n) is 17.0. The number of fused-ring (bicyclic) bond motifs is 1. The van der Waals surface area contributed by atoms with Gasteiger partial charge in [0.15, 0.2) is 5.65 Å². The third kappa shape index (κ3) is 4.86. The van der Waals surface area contributed by atoms with Crippen LogP contribution in [0.4, 0.5) is 10.7 Å². The maximum atomic E-state index is 12.9. The Labute approximate surface area is 176 Å². The SMILES string of the molecule is CCn1nc(C)cc1C(=O)Nc1nc2cc(C(N)=O)cnc2n1C/C=C/COC(N)=O. The molecule has 3 aromatic heterocycles. The Bertz CT molecular complexity index is 1180. The molecule has 12 heteroatoms. The van der Waals surface area contributed by atoms with Crippen LogP contribution in [0.1, 0.15) is 33.5 Å². The van der Waals surface area contributed by atoms with Crippen molar-refractivity contribution < 1.29 is 19.1 Å². The molecule has 3 amide bonds. The molecule has 5 N–H and O–H groups in total. The van der Waals surface area contributed by atoms with E-state index in [1.807, 2.05) is 6.92 Å². The van der Waals surface area contributed by atoms with Crippen LogP contribution < -0.4 is 16.8 Å². The molecular weight excluding hydrogens is 404 g/mol. The molecule has 162 valence electrons. The van der Waals surface area contributed by atoms with Gasteiger partial charge in [-0.25, -0.2) is 14.8 Å². The van der Waals surface area contributed by atoms with E-state index in [9.17, 15) is 14.4 Å². The number of aromatic nitrogens is 5. The van der Waals surface area contributed by atoms with Gasteiger partial charge in [0.25, 0.3) is 5.91 Å². The van der Waals surface area contributed by atoms with Crippen molar-refractivity contribution in [2.45, 2.75) is 26.9 Å². The fourth-order valence-corrected chi connectivity index (χ4v) is 2.93. The van der Waals surface area contributed by atoms with E-state index in [-0.39, 0.29) is 24.7 Å². The molecule has 12 nitrogen and oxygen atoms in total. The highest BCUT2D eigenvalue weighted by Gasteiger charge is 2.19. The zero-order valence-corrected chi connectivity index (χ0v) is 17.0. The Kier molecular flexibility index (Phi) is 6.29. The van der Waals surface area contributed by atoms with Gasteiger partial charge in [-0.15, -0.1) is 0 Å². The zero-order chi connectivity index (χ0) is 22.5. The van der Waals surface area contributed by atoms with Crippen molar-refractivity contribution in [3.05, 3.63) is 47.4 Å². The molecule has 0 radical (unpaired) electrons. The average Bonchev–Trinajstić information content (AvgIpc) is 3.26.